The molecule has 1 fully saturated rings. The van der Waals surface area contributed by atoms with Crippen LogP contribution in [0.5, 0.6) is 0 Å². The van der Waals surface area contributed by atoms with E-state index in [0.717, 1.165) is 55.3 Å². The molecule has 0 aliphatic carbocycles. The molecule has 1 aliphatic rings. The quantitative estimate of drug-likeness (QED) is 0.906. The van der Waals surface area contributed by atoms with E-state index in [4.69, 9.17) is 16.7 Å². The van der Waals surface area contributed by atoms with Gasteiger partial charge < -0.3 is 5.11 Å². The number of halogens is 1. The van der Waals surface area contributed by atoms with Crippen molar-refractivity contribution in [1.82, 2.24) is 14.7 Å². The molecule has 0 spiro atoms. The molecule has 0 amide bonds. The van der Waals surface area contributed by atoms with Gasteiger partial charge in [0.15, 0.2) is 0 Å². The van der Waals surface area contributed by atoms with Crippen LogP contribution in [0.3, 0.4) is 0 Å². The molecule has 0 atom stereocenters. The van der Waals surface area contributed by atoms with Crippen LogP contribution in [0.4, 0.5) is 0 Å². The van der Waals surface area contributed by atoms with E-state index in [9.17, 15) is 4.79 Å². The lowest BCUT2D eigenvalue weighted by molar-refractivity contribution is -0.138. The van der Waals surface area contributed by atoms with Gasteiger partial charge >= 0.3 is 5.97 Å². The third-order valence-electron chi connectivity index (χ3n) is 4.05. The number of nitrogens with zero attached hydrogens (tertiary/aromatic N) is 3. The largest absolute Gasteiger partial charge is 0.481 e. The predicted molar refractivity (Wildman–Crippen MR) is 77.8 cm³/mol. The first-order valence-corrected chi connectivity index (χ1v) is 7.53. The summed E-state index contributed by atoms with van der Waals surface area (Å²) in [6.07, 6.45) is 3.03. The zero-order valence-corrected chi connectivity index (χ0v) is 12.9. The molecule has 2 rings (SSSR count). The highest BCUT2D eigenvalue weighted by atomic mass is 35.5. The van der Waals surface area contributed by atoms with Crippen LogP contribution in [0, 0.1) is 5.92 Å². The van der Waals surface area contributed by atoms with Crippen LogP contribution >= 0.6 is 11.6 Å². The van der Waals surface area contributed by atoms with E-state index < -0.39 is 5.97 Å². The van der Waals surface area contributed by atoms with Crippen molar-refractivity contribution in [3.8, 4) is 0 Å². The first kappa shape index (κ1) is 15.3. The second kappa shape index (κ2) is 6.59. The summed E-state index contributed by atoms with van der Waals surface area (Å²) in [5.41, 5.74) is 2.00. The van der Waals surface area contributed by atoms with Gasteiger partial charge in [-0.3, -0.25) is 14.4 Å². The van der Waals surface area contributed by atoms with Crippen LogP contribution in [-0.4, -0.2) is 38.8 Å². The highest BCUT2D eigenvalue weighted by Gasteiger charge is 2.23. The Kier molecular flexibility index (Phi) is 5.05. The SMILES string of the molecule is CCc1nn(C)c(CN2CCC(CC(=O)O)CC2)c1Cl. The fraction of sp³-hybridized carbons (Fsp3) is 0.714. The van der Waals surface area contributed by atoms with E-state index in [0.29, 0.717) is 12.3 Å². The molecule has 1 aromatic rings. The second-order valence-electron chi connectivity index (χ2n) is 5.50. The third kappa shape index (κ3) is 3.52. The Hall–Kier alpha value is -1.07. The Morgan fingerprint density at radius 1 is 1.45 bits per heavy atom. The summed E-state index contributed by atoms with van der Waals surface area (Å²) in [5, 5.41) is 14.0. The van der Waals surface area contributed by atoms with E-state index in [1.54, 1.807) is 0 Å². The molecule has 0 unspecified atom stereocenters. The summed E-state index contributed by atoms with van der Waals surface area (Å²) in [6.45, 7) is 4.71. The average Bonchev–Trinajstić information content (AvgIpc) is 2.67. The van der Waals surface area contributed by atoms with E-state index in [1.165, 1.54) is 0 Å². The Labute approximate surface area is 124 Å². The third-order valence-corrected chi connectivity index (χ3v) is 4.48. The van der Waals surface area contributed by atoms with Gasteiger partial charge in [-0.25, -0.2) is 0 Å². The van der Waals surface area contributed by atoms with Crippen molar-refractivity contribution in [2.75, 3.05) is 13.1 Å². The zero-order valence-electron chi connectivity index (χ0n) is 12.1. The minimum atomic E-state index is -0.689. The molecule has 20 heavy (non-hydrogen) atoms. The van der Waals surface area contributed by atoms with Gasteiger partial charge in [-0.05, 0) is 38.3 Å². The van der Waals surface area contributed by atoms with Crippen LogP contribution in [0.25, 0.3) is 0 Å². The number of carbonyl (C=O) groups is 1. The number of likely N-dealkylation sites (tertiary alicyclic amines) is 1. The Morgan fingerprint density at radius 2 is 2.10 bits per heavy atom. The fourth-order valence-corrected chi connectivity index (χ4v) is 3.15. The number of aliphatic carboxylic acids is 1. The standard InChI is InChI=1S/C14H22ClN3O2/c1-3-11-14(15)12(17(2)16-11)9-18-6-4-10(5-7-18)8-13(19)20/h10H,3-9H2,1-2H3,(H,19,20). The molecule has 0 radical (unpaired) electrons. The first-order chi connectivity index (χ1) is 9.51. The monoisotopic (exact) mass is 299 g/mol. The normalized spacial score (nSPS) is 17.6. The summed E-state index contributed by atoms with van der Waals surface area (Å²) in [5.74, 6) is -0.373. The lowest BCUT2D eigenvalue weighted by Crippen LogP contribution is -2.34. The molecule has 0 bridgehead atoms. The Morgan fingerprint density at radius 3 is 2.60 bits per heavy atom. The van der Waals surface area contributed by atoms with Gasteiger partial charge in [-0.2, -0.15) is 5.10 Å². The van der Waals surface area contributed by atoms with Crippen molar-refractivity contribution in [2.24, 2.45) is 13.0 Å². The Bertz CT molecular complexity index is 479. The highest BCUT2D eigenvalue weighted by molar-refractivity contribution is 6.31. The minimum absolute atomic E-state index is 0.292. The summed E-state index contributed by atoms with van der Waals surface area (Å²) < 4.78 is 1.87. The molecule has 112 valence electrons. The maximum atomic E-state index is 10.7. The zero-order chi connectivity index (χ0) is 14.7. The minimum Gasteiger partial charge on any atom is -0.481 e. The smallest absolute Gasteiger partial charge is 0.303 e. The van der Waals surface area contributed by atoms with Crippen LogP contribution in [0.2, 0.25) is 5.02 Å². The summed E-state index contributed by atoms with van der Waals surface area (Å²) in [7, 11) is 1.93. The maximum absolute atomic E-state index is 10.7. The van der Waals surface area contributed by atoms with Crippen LogP contribution in [0.1, 0.15) is 37.6 Å². The van der Waals surface area contributed by atoms with Crippen LogP contribution in [0.15, 0.2) is 0 Å². The van der Waals surface area contributed by atoms with Gasteiger partial charge in [0.25, 0.3) is 0 Å². The summed E-state index contributed by atoms with van der Waals surface area (Å²) in [6, 6.07) is 0. The van der Waals surface area contributed by atoms with E-state index in [1.807, 2.05) is 11.7 Å². The Balaban J connectivity index is 1.93. The summed E-state index contributed by atoms with van der Waals surface area (Å²) in [4.78, 5) is 13.1. The average molecular weight is 300 g/mol. The van der Waals surface area contributed by atoms with E-state index in [2.05, 4.69) is 16.9 Å². The van der Waals surface area contributed by atoms with Crippen molar-refractivity contribution in [1.29, 1.82) is 0 Å². The molecule has 1 aliphatic heterocycles. The van der Waals surface area contributed by atoms with Gasteiger partial charge in [0.05, 0.1) is 16.4 Å². The number of piperidine rings is 1. The van der Waals surface area contributed by atoms with Gasteiger partial charge in [-0.15, -0.1) is 0 Å². The number of aromatic nitrogens is 2. The molecular weight excluding hydrogens is 278 g/mol. The number of carboxylic acid groups (broad SMARTS) is 1. The predicted octanol–water partition coefficient (Wildman–Crippen LogP) is 2.32. The summed E-state index contributed by atoms with van der Waals surface area (Å²) >= 11 is 6.36. The fourth-order valence-electron chi connectivity index (χ4n) is 2.80. The van der Waals surface area contributed by atoms with Crippen molar-refractivity contribution in [3.63, 3.8) is 0 Å². The molecule has 5 nitrogen and oxygen atoms in total. The maximum Gasteiger partial charge on any atom is 0.303 e. The van der Waals surface area contributed by atoms with Crippen molar-refractivity contribution >= 4 is 17.6 Å². The van der Waals surface area contributed by atoms with Crippen LogP contribution in [-0.2, 0) is 24.8 Å². The van der Waals surface area contributed by atoms with Crippen molar-refractivity contribution in [3.05, 3.63) is 16.4 Å². The number of hydrogen-bond donors (Lipinski definition) is 1. The number of rotatable bonds is 5. The van der Waals surface area contributed by atoms with Crippen LogP contribution < -0.4 is 0 Å². The lowest BCUT2D eigenvalue weighted by Gasteiger charge is -2.31. The number of aryl methyl sites for hydroxylation is 2. The van der Waals surface area contributed by atoms with Gasteiger partial charge in [0.2, 0.25) is 0 Å². The molecule has 1 saturated heterocycles. The molecule has 0 aromatic carbocycles. The number of carboxylic acids is 1. The molecule has 1 aromatic heterocycles. The van der Waals surface area contributed by atoms with Crippen molar-refractivity contribution in [2.45, 2.75) is 39.2 Å². The number of hydrogen-bond acceptors (Lipinski definition) is 3. The topological polar surface area (TPSA) is 58.4 Å². The van der Waals surface area contributed by atoms with Gasteiger partial charge in [0.1, 0.15) is 0 Å². The first-order valence-electron chi connectivity index (χ1n) is 7.15. The van der Waals surface area contributed by atoms with E-state index in [-0.39, 0.29) is 0 Å². The van der Waals surface area contributed by atoms with Crippen molar-refractivity contribution < 1.29 is 9.90 Å². The molecule has 6 heteroatoms. The van der Waals surface area contributed by atoms with Gasteiger partial charge in [0, 0.05) is 20.0 Å². The highest BCUT2D eigenvalue weighted by Crippen LogP contribution is 2.25. The van der Waals surface area contributed by atoms with E-state index >= 15 is 0 Å². The van der Waals surface area contributed by atoms with Gasteiger partial charge in [-0.1, -0.05) is 18.5 Å². The molecule has 2 heterocycles. The molecule has 1 N–H and O–H groups in total. The molecule has 0 saturated carbocycles. The second-order valence-corrected chi connectivity index (χ2v) is 5.88. The molecular formula is C14H22ClN3O2. The lowest BCUT2D eigenvalue weighted by atomic mass is 9.93.